The van der Waals surface area contributed by atoms with E-state index in [1.807, 2.05) is 0 Å². The van der Waals surface area contributed by atoms with Gasteiger partial charge < -0.3 is 9.84 Å². The monoisotopic (exact) mass is 114 g/mol. The Morgan fingerprint density at radius 3 is 2.29 bits per heavy atom. The Hall–Kier alpha value is 0.430. The Morgan fingerprint density at radius 1 is 1.86 bits per heavy atom. The number of methoxy groups -OCH3 is 1. The van der Waals surface area contributed by atoms with E-state index in [4.69, 9.17) is 5.11 Å². The van der Waals surface area contributed by atoms with Crippen molar-refractivity contribution < 1.29 is 14.6 Å². The van der Waals surface area contributed by atoms with Crippen molar-refractivity contribution in [2.75, 3.05) is 13.7 Å². The van der Waals surface area contributed by atoms with E-state index in [2.05, 4.69) is 4.74 Å². The zero-order valence-corrected chi connectivity index (χ0v) is 3.47. The van der Waals surface area contributed by atoms with Gasteiger partial charge in [0.15, 0.2) is 0 Å². The van der Waals surface area contributed by atoms with Crippen molar-refractivity contribution in [3.63, 3.8) is 0 Å². The van der Waals surface area contributed by atoms with Gasteiger partial charge in [0, 0.05) is 7.11 Å². The van der Waals surface area contributed by atoms with Crippen molar-refractivity contribution in [3.8, 4) is 0 Å². The van der Waals surface area contributed by atoms with Gasteiger partial charge in [-0.1, -0.05) is 0 Å². The fourth-order valence-electron chi connectivity index (χ4n) is 0.123. The van der Waals surface area contributed by atoms with E-state index in [1.54, 1.807) is 0 Å². The van der Waals surface area contributed by atoms with Gasteiger partial charge in [0.1, 0.15) is 6.61 Å². The van der Waals surface area contributed by atoms with E-state index in [-0.39, 0.29) is 36.2 Å². The first-order valence-electron chi connectivity index (χ1n) is 1.48. The molecule has 0 atom stereocenters. The number of carboxylic acids is 1. The summed E-state index contributed by atoms with van der Waals surface area (Å²) in [4.78, 5) is 9.47. The summed E-state index contributed by atoms with van der Waals surface area (Å²) in [7, 11) is 1.34. The topological polar surface area (TPSA) is 46.5 Å². The molecular weight excluding hydrogens is 107 g/mol. The molecule has 0 aromatic rings. The van der Waals surface area contributed by atoms with Gasteiger partial charge in [-0.05, 0) is 0 Å². The summed E-state index contributed by atoms with van der Waals surface area (Å²) in [6.07, 6.45) is 0. The van der Waals surface area contributed by atoms with Gasteiger partial charge >= 0.3 is 35.5 Å². The third-order valence-corrected chi connectivity index (χ3v) is 0.268. The molecule has 7 heavy (non-hydrogen) atoms. The summed E-state index contributed by atoms with van der Waals surface area (Å²) in [6, 6.07) is 0. The number of carbonyl (C=O) groups is 1. The maximum absolute atomic E-state index is 9.47. The molecule has 0 spiro atoms. The predicted molar refractivity (Wildman–Crippen MR) is 26.7 cm³/mol. The Balaban J connectivity index is 0. The van der Waals surface area contributed by atoms with E-state index in [0.717, 1.165) is 0 Å². The van der Waals surface area contributed by atoms with Crippen LogP contribution in [0.4, 0.5) is 0 Å². The van der Waals surface area contributed by atoms with Gasteiger partial charge in [0.05, 0.1) is 0 Å². The van der Waals surface area contributed by atoms with Gasteiger partial charge in [-0.15, -0.1) is 0 Å². The Labute approximate surface area is 64.0 Å². The molecule has 38 valence electrons. The first-order valence-corrected chi connectivity index (χ1v) is 1.48. The average Bonchev–Trinajstić information content (AvgIpc) is 1.35. The van der Waals surface area contributed by atoms with Gasteiger partial charge in [0.25, 0.3) is 0 Å². The van der Waals surface area contributed by atoms with Crippen LogP contribution in [0.3, 0.4) is 0 Å². The standard InChI is InChI=1S/C3H6O3.Na.H/c1-6-2-3(4)5;;/h2H2,1H3,(H,4,5);;. The molecule has 0 aromatic carbocycles. The molecule has 0 fully saturated rings. The van der Waals surface area contributed by atoms with Crippen molar-refractivity contribution in [1.82, 2.24) is 0 Å². The van der Waals surface area contributed by atoms with E-state index in [0.29, 0.717) is 0 Å². The van der Waals surface area contributed by atoms with Gasteiger partial charge in [0.2, 0.25) is 0 Å². The van der Waals surface area contributed by atoms with Gasteiger partial charge in [-0.2, -0.15) is 0 Å². The molecule has 0 unspecified atom stereocenters. The molecule has 0 rings (SSSR count). The molecule has 0 aliphatic heterocycles. The van der Waals surface area contributed by atoms with Crippen LogP contribution in [-0.2, 0) is 9.53 Å². The number of hydrogen-bond donors (Lipinski definition) is 1. The fraction of sp³-hybridized carbons (Fsp3) is 0.667. The van der Waals surface area contributed by atoms with Crippen molar-refractivity contribution in [1.29, 1.82) is 0 Å². The van der Waals surface area contributed by atoms with Crippen LogP contribution in [0.1, 0.15) is 0 Å². The zero-order valence-electron chi connectivity index (χ0n) is 3.47. The average molecular weight is 114 g/mol. The van der Waals surface area contributed by atoms with Crippen molar-refractivity contribution in [2.45, 2.75) is 0 Å². The van der Waals surface area contributed by atoms with Crippen LogP contribution >= 0.6 is 0 Å². The summed E-state index contributed by atoms with van der Waals surface area (Å²) in [5.41, 5.74) is 0. The Morgan fingerprint density at radius 2 is 2.29 bits per heavy atom. The van der Waals surface area contributed by atoms with Crippen LogP contribution < -0.4 is 0 Å². The quantitative estimate of drug-likeness (QED) is 0.472. The maximum atomic E-state index is 9.47. The van der Waals surface area contributed by atoms with Crippen LogP contribution in [0.2, 0.25) is 0 Å². The summed E-state index contributed by atoms with van der Waals surface area (Å²) in [5.74, 6) is -0.933. The third-order valence-electron chi connectivity index (χ3n) is 0.268. The van der Waals surface area contributed by atoms with E-state index < -0.39 is 5.97 Å². The number of aliphatic carboxylic acids is 1. The molecule has 0 saturated heterocycles. The van der Waals surface area contributed by atoms with Gasteiger partial charge in [-0.3, -0.25) is 0 Å². The minimum absolute atomic E-state index is 0. The molecule has 0 heterocycles. The zero-order chi connectivity index (χ0) is 4.99. The second kappa shape index (κ2) is 6.43. The molecule has 0 aliphatic carbocycles. The van der Waals surface area contributed by atoms with E-state index >= 15 is 0 Å². The summed E-state index contributed by atoms with van der Waals surface area (Å²) < 4.78 is 4.20. The van der Waals surface area contributed by atoms with Crippen molar-refractivity contribution in [3.05, 3.63) is 0 Å². The van der Waals surface area contributed by atoms with E-state index in [9.17, 15) is 4.79 Å². The molecule has 0 bridgehead atoms. The number of ether oxygens (including phenoxy) is 1. The molecule has 0 amide bonds. The molecular formula is C3H7NaO3. The molecule has 3 nitrogen and oxygen atoms in total. The predicted octanol–water partition coefficient (Wildman–Crippen LogP) is -0.931. The normalized spacial score (nSPS) is 7.00. The SMILES string of the molecule is COCC(=O)O.[NaH]. The second-order valence-electron chi connectivity index (χ2n) is 0.827. The summed E-state index contributed by atoms with van der Waals surface area (Å²) in [5, 5.41) is 7.79. The molecule has 0 aliphatic rings. The van der Waals surface area contributed by atoms with Crippen LogP contribution in [0.25, 0.3) is 0 Å². The number of hydrogen-bond acceptors (Lipinski definition) is 2. The van der Waals surface area contributed by atoms with Crippen LogP contribution in [0.15, 0.2) is 0 Å². The van der Waals surface area contributed by atoms with Crippen LogP contribution in [0, 0.1) is 0 Å². The molecule has 0 aromatic heterocycles. The number of carboxylic acid groups (broad SMARTS) is 1. The molecule has 1 N–H and O–H groups in total. The number of rotatable bonds is 2. The van der Waals surface area contributed by atoms with Crippen molar-refractivity contribution >= 4 is 35.5 Å². The minimum atomic E-state index is -0.933. The first-order chi connectivity index (χ1) is 2.77. The summed E-state index contributed by atoms with van der Waals surface area (Å²) in [6.45, 7) is -0.208. The first kappa shape index (κ1) is 10.4. The Bertz CT molecular complexity index is 54.1. The molecule has 0 radical (unpaired) electrons. The third kappa shape index (κ3) is 10.7. The van der Waals surface area contributed by atoms with E-state index in [1.165, 1.54) is 7.11 Å². The Kier molecular flexibility index (Phi) is 9.57. The second-order valence-corrected chi connectivity index (χ2v) is 0.827. The van der Waals surface area contributed by atoms with Crippen LogP contribution in [-0.4, -0.2) is 54.3 Å². The molecule has 4 heteroatoms. The molecule has 0 saturated carbocycles. The van der Waals surface area contributed by atoms with Crippen LogP contribution in [0.5, 0.6) is 0 Å². The van der Waals surface area contributed by atoms with Crippen molar-refractivity contribution in [2.24, 2.45) is 0 Å². The summed E-state index contributed by atoms with van der Waals surface area (Å²) >= 11 is 0. The fourth-order valence-corrected chi connectivity index (χ4v) is 0.123. The van der Waals surface area contributed by atoms with Gasteiger partial charge in [-0.25, -0.2) is 4.79 Å².